The quantitative estimate of drug-likeness (QED) is 0.241. The van der Waals surface area contributed by atoms with Crippen molar-refractivity contribution in [3.05, 3.63) is 53.6 Å². The third-order valence-electron chi connectivity index (χ3n) is 4.71. The lowest BCUT2D eigenvalue weighted by Gasteiger charge is -2.12. The Labute approximate surface area is 197 Å². The van der Waals surface area contributed by atoms with E-state index in [1.165, 1.54) is 36.8 Å². The van der Waals surface area contributed by atoms with Crippen molar-refractivity contribution in [2.45, 2.75) is 52.4 Å². The van der Waals surface area contributed by atoms with E-state index in [0.29, 0.717) is 5.11 Å². The van der Waals surface area contributed by atoms with Gasteiger partial charge in [0.15, 0.2) is 10.2 Å². The molecule has 0 atom stereocenters. The van der Waals surface area contributed by atoms with E-state index < -0.39 is 0 Å². The van der Waals surface area contributed by atoms with Crippen LogP contribution in [-0.4, -0.2) is 23.4 Å². The highest BCUT2D eigenvalue weighted by atomic mass is 32.1. The summed E-state index contributed by atoms with van der Waals surface area (Å²) in [6.07, 6.45) is 6.99. The largest absolute Gasteiger partial charge is 0.494 e. The van der Waals surface area contributed by atoms with Gasteiger partial charge in [0, 0.05) is 24.0 Å². The Morgan fingerprint density at radius 2 is 1.52 bits per heavy atom. The van der Waals surface area contributed by atoms with E-state index in [1.54, 1.807) is 0 Å². The molecule has 0 saturated heterocycles. The van der Waals surface area contributed by atoms with Crippen LogP contribution in [0.5, 0.6) is 5.75 Å². The van der Waals surface area contributed by atoms with Crippen LogP contribution in [0.2, 0.25) is 0 Å². The van der Waals surface area contributed by atoms with Gasteiger partial charge in [-0.2, -0.15) is 0 Å². The zero-order chi connectivity index (χ0) is 22.5. The van der Waals surface area contributed by atoms with Crippen molar-refractivity contribution in [1.82, 2.24) is 5.32 Å². The van der Waals surface area contributed by atoms with Crippen molar-refractivity contribution in [3.63, 3.8) is 0 Å². The van der Waals surface area contributed by atoms with Crippen molar-refractivity contribution in [2.75, 3.05) is 23.8 Å². The number of hydrogen-bond acceptors (Lipinski definition) is 3. The maximum Gasteiger partial charge on any atom is 0.170 e. The smallest absolute Gasteiger partial charge is 0.170 e. The van der Waals surface area contributed by atoms with E-state index in [4.69, 9.17) is 34.9 Å². The molecule has 5 nitrogen and oxygen atoms in total. The van der Waals surface area contributed by atoms with Crippen LogP contribution in [0.4, 0.5) is 11.4 Å². The highest BCUT2D eigenvalue weighted by Crippen LogP contribution is 2.18. The van der Waals surface area contributed by atoms with Crippen molar-refractivity contribution >= 4 is 46.0 Å². The number of unbranched alkanes of at least 4 members (excludes halogenated alkanes) is 5. The van der Waals surface area contributed by atoms with Gasteiger partial charge in [-0.15, -0.1) is 0 Å². The molecule has 2 aromatic carbocycles. The fraction of sp³-hybridized carbons (Fsp3) is 0.417. The van der Waals surface area contributed by atoms with E-state index in [0.717, 1.165) is 43.1 Å². The second-order valence-electron chi connectivity index (χ2n) is 7.74. The number of ether oxygens (including phenoxy) is 1. The average Bonchev–Trinajstić information content (AvgIpc) is 2.68. The zero-order valence-corrected chi connectivity index (χ0v) is 20.1. The highest BCUT2D eigenvalue weighted by Gasteiger charge is 2.00. The first-order valence-corrected chi connectivity index (χ1v) is 11.7. The fourth-order valence-electron chi connectivity index (χ4n) is 3.35. The van der Waals surface area contributed by atoms with Crippen molar-refractivity contribution in [2.24, 2.45) is 5.73 Å². The number of hydrogen-bond donors (Lipinski definition) is 4. The van der Waals surface area contributed by atoms with Gasteiger partial charge in [-0.25, -0.2) is 0 Å². The van der Waals surface area contributed by atoms with Gasteiger partial charge in [0.1, 0.15) is 5.75 Å². The standard InChI is InChI=1S/C24H34N4OS2/c1-18-14-19(2)16-21(15-18)28-24(31)26-12-7-5-3-4-6-8-13-29-22-11-9-10-20(17-22)27-23(25)30/h9-11,14-17H,3-8,12-13H2,1-2H3,(H3,25,27,30)(H2,26,28,31). The molecule has 0 unspecified atom stereocenters. The van der Waals surface area contributed by atoms with Gasteiger partial charge in [0.25, 0.3) is 0 Å². The number of benzene rings is 2. The summed E-state index contributed by atoms with van der Waals surface area (Å²) in [5.74, 6) is 0.831. The van der Waals surface area contributed by atoms with Gasteiger partial charge < -0.3 is 26.4 Å². The number of nitrogens with two attached hydrogens (primary N) is 1. The summed E-state index contributed by atoms with van der Waals surface area (Å²) in [5, 5.41) is 10.4. The van der Waals surface area contributed by atoms with Crippen LogP contribution in [0.15, 0.2) is 42.5 Å². The van der Waals surface area contributed by atoms with Gasteiger partial charge in [0.2, 0.25) is 0 Å². The van der Waals surface area contributed by atoms with E-state index in [1.807, 2.05) is 24.3 Å². The Morgan fingerprint density at radius 3 is 2.23 bits per heavy atom. The summed E-state index contributed by atoms with van der Waals surface area (Å²) in [6, 6.07) is 14.0. The van der Waals surface area contributed by atoms with E-state index >= 15 is 0 Å². The van der Waals surface area contributed by atoms with Crippen molar-refractivity contribution in [3.8, 4) is 5.75 Å². The van der Waals surface area contributed by atoms with E-state index in [9.17, 15) is 0 Å². The van der Waals surface area contributed by atoms with Crippen LogP contribution in [0, 0.1) is 13.8 Å². The summed E-state index contributed by atoms with van der Waals surface area (Å²) >= 11 is 10.2. The fourth-order valence-corrected chi connectivity index (χ4v) is 3.69. The maximum atomic E-state index is 5.81. The monoisotopic (exact) mass is 458 g/mol. The minimum absolute atomic E-state index is 0.256. The third-order valence-corrected chi connectivity index (χ3v) is 5.05. The number of thiocarbonyl (C=S) groups is 2. The molecule has 0 aromatic heterocycles. The first-order chi connectivity index (χ1) is 14.9. The predicted molar refractivity (Wildman–Crippen MR) is 140 cm³/mol. The molecule has 0 heterocycles. The second-order valence-corrected chi connectivity index (χ2v) is 8.59. The molecule has 7 heteroatoms. The molecule has 0 radical (unpaired) electrons. The Kier molecular flexibility index (Phi) is 11.1. The predicted octanol–water partition coefficient (Wildman–Crippen LogP) is 5.66. The molecule has 0 fully saturated rings. The summed E-state index contributed by atoms with van der Waals surface area (Å²) in [6.45, 7) is 5.80. The van der Waals surface area contributed by atoms with Crippen molar-refractivity contribution < 1.29 is 4.74 Å². The van der Waals surface area contributed by atoms with Gasteiger partial charge in [-0.3, -0.25) is 0 Å². The van der Waals surface area contributed by atoms with Gasteiger partial charge in [-0.1, -0.05) is 37.8 Å². The molecule has 0 aliphatic carbocycles. The molecule has 5 N–H and O–H groups in total. The number of nitrogens with one attached hydrogen (secondary N) is 3. The lowest BCUT2D eigenvalue weighted by Crippen LogP contribution is -2.29. The van der Waals surface area contributed by atoms with Crippen LogP contribution in [0.25, 0.3) is 0 Å². The first-order valence-electron chi connectivity index (χ1n) is 10.8. The molecule has 0 saturated carbocycles. The maximum absolute atomic E-state index is 5.81. The van der Waals surface area contributed by atoms with Gasteiger partial charge >= 0.3 is 0 Å². The highest BCUT2D eigenvalue weighted by molar-refractivity contribution is 7.80. The first kappa shape index (κ1) is 24.9. The molecule has 31 heavy (non-hydrogen) atoms. The summed E-state index contributed by atoms with van der Waals surface area (Å²) in [7, 11) is 0. The minimum Gasteiger partial charge on any atom is -0.494 e. The lowest BCUT2D eigenvalue weighted by molar-refractivity contribution is 0.304. The van der Waals surface area contributed by atoms with E-state index in [2.05, 4.69) is 48.0 Å². The Bertz CT molecular complexity index is 837. The van der Waals surface area contributed by atoms with E-state index in [-0.39, 0.29) is 5.11 Å². The van der Waals surface area contributed by atoms with Gasteiger partial charge in [0.05, 0.1) is 6.61 Å². The van der Waals surface area contributed by atoms with Crippen LogP contribution in [-0.2, 0) is 0 Å². The molecule has 0 aliphatic heterocycles. The molecule has 2 rings (SSSR count). The molecule has 0 bridgehead atoms. The molecule has 0 spiro atoms. The van der Waals surface area contributed by atoms with Crippen LogP contribution in [0.1, 0.15) is 49.7 Å². The summed E-state index contributed by atoms with van der Waals surface area (Å²) < 4.78 is 5.81. The molecule has 2 aromatic rings. The molecule has 168 valence electrons. The van der Waals surface area contributed by atoms with Gasteiger partial charge in [-0.05, 0) is 86.5 Å². The average molecular weight is 459 g/mol. The minimum atomic E-state index is 0.256. The molecule has 0 amide bonds. The molecule has 0 aliphatic rings. The SMILES string of the molecule is Cc1cc(C)cc(NC(=S)NCCCCCCCCOc2cccc(NC(N)=S)c2)c1. The number of aryl methyl sites for hydroxylation is 2. The Morgan fingerprint density at radius 1 is 0.839 bits per heavy atom. The van der Waals surface area contributed by atoms with Crippen LogP contribution >= 0.6 is 24.4 Å². The molecular formula is C24H34N4OS2. The Hall–Kier alpha value is -2.38. The number of rotatable bonds is 12. The zero-order valence-electron chi connectivity index (χ0n) is 18.5. The van der Waals surface area contributed by atoms with Crippen molar-refractivity contribution in [1.29, 1.82) is 0 Å². The topological polar surface area (TPSA) is 71.3 Å². The lowest BCUT2D eigenvalue weighted by atomic mass is 10.1. The molecular weight excluding hydrogens is 424 g/mol. The number of anilines is 2. The Balaban J connectivity index is 1.47. The third kappa shape index (κ3) is 11.0. The normalized spacial score (nSPS) is 10.4. The van der Waals surface area contributed by atoms with Crippen LogP contribution in [0.3, 0.4) is 0 Å². The second kappa shape index (κ2) is 13.8. The van der Waals surface area contributed by atoms with Crippen LogP contribution < -0.4 is 26.4 Å². The summed E-state index contributed by atoms with van der Waals surface area (Å²) in [5.41, 5.74) is 9.86. The summed E-state index contributed by atoms with van der Waals surface area (Å²) in [4.78, 5) is 0.